The summed E-state index contributed by atoms with van der Waals surface area (Å²) in [7, 11) is 1.08. The Morgan fingerprint density at radius 3 is 2.31 bits per heavy atom. The number of carbonyl (C=O) groups excluding carboxylic acids is 1. The monoisotopic (exact) mass is 250 g/mol. The Labute approximate surface area is 98.2 Å². The van der Waals surface area contributed by atoms with Gasteiger partial charge in [-0.15, -0.1) is 0 Å². The summed E-state index contributed by atoms with van der Waals surface area (Å²) in [5, 5.41) is -0.398. The van der Waals surface area contributed by atoms with Crippen LogP contribution in [0.5, 0.6) is 0 Å². The highest BCUT2D eigenvalue weighted by Crippen LogP contribution is 2.25. The third-order valence-corrected chi connectivity index (χ3v) is 2.24. The third-order valence-electron chi connectivity index (χ3n) is 1.79. The van der Waals surface area contributed by atoms with Gasteiger partial charge in [-0.25, -0.2) is 13.6 Å². The highest BCUT2D eigenvalue weighted by atomic mass is 35.5. The molecule has 0 spiro atoms. The van der Waals surface area contributed by atoms with Crippen molar-refractivity contribution in [2.24, 2.45) is 0 Å². The average Bonchev–Trinajstić information content (AvgIpc) is 2.32. The van der Waals surface area contributed by atoms with Crippen LogP contribution in [0.2, 0.25) is 5.02 Å². The predicted molar refractivity (Wildman–Crippen MR) is 58.8 cm³/mol. The average molecular weight is 251 g/mol. The fourth-order valence-electron chi connectivity index (χ4n) is 0.945. The summed E-state index contributed by atoms with van der Waals surface area (Å²) in [4.78, 5) is 11.0. The number of esters is 1. The Hall–Kier alpha value is -1.16. The molecule has 0 radical (unpaired) electrons. The third kappa shape index (κ3) is 2.92. The van der Waals surface area contributed by atoms with E-state index in [0.717, 1.165) is 13.2 Å². The van der Waals surface area contributed by atoms with Crippen LogP contribution >= 0.6 is 11.6 Å². The van der Waals surface area contributed by atoms with E-state index in [9.17, 15) is 13.6 Å². The van der Waals surface area contributed by atoms with E-state index in [2.05, 4.69) is 4.74 Å². The van der Waals surface area contributed by atoms with Gasteiger partial charge in [-0.3, -0.25) is 0 Å². The summed E-state index contributed by atoms with van der Waals surface area (Å²) in [6.45, 7) is 5.32. The normalized spacial score (nSPS) is 9.19. The van der Waals surface area contributed by atoms with E-state index >= 15 is 0 Å². The van der Waals surface area contributed by atoms with Crippen molar-refractivity contribution in [3.63, 3.8) is 0 Å². The second-order valence-electron chi connectivity index (χ2n) is 2.65. The first-order chi connectivity index (χ1) is 7.49. The molecule has 0 heterocycles. The zero-order valence-corrected chi connectivity index (χ0v) is 10.3. The molecule has 2 nitrogen and oxygen atoms in total. The number of rotatable bonds is 1. The van der Waals surface area contributed by atoms with Crippen LogP contribution in [-0.4, -0.2) is 13.1 Å². The minimum atomic E-state index is -0.961. The number of hydrogen-bond acceptors (Lipinski definition) is 2. The first-order valence-corrected chi connectivity index (χ1v) is 5.09. The number of halogens is 3. The second-order valence-corrected chi connectivity index (χ2v) is 3.03. The van der Waals surface area contributed by atoms with Gasteiger partial charge in [0.1, 0.15) is 5.82 Å². The van der Waals surface area contributed by atoms with Gasteiger partial charge in [0.15, 0.2) is 5.82 Å². The van der Waals surface area contributed by atoms with Crippen LogP contribution in [0.1, 0.15) is 29.8 Å². The lowest BCUT2D eigenvalue weighted by molar-refractivity contribution is 0.0595. The Morgan fingerprint density at radius 2 is 1.88 bits per heavy atom. The lowest BCUT2D eigenvalue weighted by Gasteiger charge is -2.06. The van der Waals surface area contributed by atoms with Gasteiger partial charge in [0, 0.05) is 5.56 Å². The maximum Gasteiger partial charge on any atom is 0.341 e. The number of hydrogen-bond donors (Lipinski definition) is 0. The summed E-state index contributed by atoms with van der Waals surface area (Å²) in [5.74, 6) is -2.66. The summed E-state index contributed by atoms with van der Waals surface area (Å²) in [6.07, 6.45) is 0. The second kappa shape index (κ2) is 6.43. The van der Waals surface area contributed by atoms with E-state index in [4.69, 9.17) is 11.6 Å². The van der Waals surface area contributed by atoms with Crippen LogP contribution in [0.15, 0.2) is 6.07 Å². The number of carbonyl (C=O) groups is 1. The molecule has 0 aliphatic rings. The molecule has 1 aromatic carbocycles. The molecule has 0 amide bonds. The smallest absolute Gasteiger partial charge is 0.341 e. The quantitative estimate of drug-likeness (QED) is 0.561. The lowest BCUT2D eigenvalue weighted by atomic mass is 10.1. The summed E-state index contributed by atoms with van der Waals surface area (Å²) < 4.78 is 30.6. The lowest BCUT2D eigenvalue weighted by Crippen LogP contribution is -2.06. The molecular weight excluding hydrogens is 238 g/mol. The van der Waals surface area contributed by atoms with E-state index in [1.54, 1.807) is 0 Å². The van der Waals surface area contributed by atoms with Crippen molar-refractivity contribution in [3.05, 3.63) is 33.9 Å². The van der Waals surface area contributed by atoms with Gasteiger partial charge in [-0.05, 0) is 13.0 Å². The van der Waals surface area contributed by atoms with Crippen LogP contribution in [0.3, 0.4) is 0 Å². The van der Waals surface area contributed by atoms with Crippen molar-refractivity contribution < 1.29 is 18.3 Å². The van der Waals surface area contributed by atoms with Crippen molar-refractivity contribution >= 4 is 17.6 Å². The molecule has 0 aromatic heterocycles. The van der Waals surface area contributed by atoms with Crippen LogP contribution in [0, 0.1) is 18.6 Å². The molecule has 0 aliphatic carbocycles. The number of methoxy groups -OCH3 is 1. The highest BCUT2D eigenvalue weighted by Gasteiger charge is 2.19. The Bertz CT molecular complexity index is 392. The summed E-state index contributed by atoms with van der Waals surface area (Å²) in [5.41, 5.74) is -0.530. The zero-order chi connectivity index (χ0) is 12.9. The number of benzene rings is 1. The SMILES string of the molecule is CC.COC(=O)c1cc(F)c(C)c(Cl)c1F. The molecule has 0 N–H and O–H groups in total. The van der Waals surface area contributed by atoms with E-state index in [1.807, 2.05) is 13.8 Å². The van der Waals surface area contributed by atoms with Gasteiger partial charge in [0.25, 0.3) is 0 Å². The molecular formula is C11H13ClF2O2. The van der Waals surface area contributed by atoms with Crippen molar-refractivity contribution in [1.29, 1.82) is 0 Å². The van der Waals surface area contributed by atoms with Crippen LogP contribution in [0.25, 0.3) is 0 Å². The topological polar surface area (TPSA) is 26.3 Å². The maximum atomic E-state index is 13.3. The molecule has 1 rings (SSSR count). The fourth-order valence-corrected chi connectivity index (χ4v) is 1.14. The molecule has 0 unspecified atom stereocenters. The molecule has 16 heavy (non-hydrogen) atoms. The Kier molecular flexibility index (Phi) is 5.96. The minimum Gasteiger partial charge on any atom is -0.465 e. The zero-order valence-electron chi connectivity index (χ0n) is 9.53. The highest BCUT2D eigenvalue weighted by molar-refractivity contribution is 6.31. The Balaban J connectivity index is 0.00000106. The van der Waals surface area contributed by atoms with Gasteiger partial charge in [0.2, 0.25) is 0 Å². The number of ether oxygens (including phenoxy) is 1. The Morgan fingerprint density at radius 1 is 1.38 bits per heavy atom. The van der Waals surface area contributed by atoms with Crippen molar-refractivity contribution in [3.8, 4) is 0 Å². The first-order valence-electron chi connectivity index (χ1n) is 4.71. The van der Waals surface area contributed by atoms with E-state index in [1.165, 1.54) is 6.92 Å². The molecule has 0 aliphatic heterocycles. The van der Waals surface area contributed by atoms with Crippen LogP contribution in [-0.2, 0) is 4.74 Å². The summed E-state index contributed by atoms with van der Waals surface area (Å²) >= 11 is 5.47. The van der Waals surface area contributed by atoms with E-state index < -0.39 is 28.2 Å². The fraction of sp³-hybridized carbons (Fsp3) is 0.364. The predicted octanol–water partition coefficient (Wildman–Crippen LogP) is 3.74. The van der Waals surface area contributed by atoms with Gasteiger partial charge in [-0.2, -0.15) is 0 Å². The molecule has 90 valence electrons. The standard InChI is InChI=1S/C9H7ClF2O2.C2H6/c1-4-6(11)3-5(9(13)14-2)8(12)7(4)10;1-2/h3H,1-2H3;1-2H3. The molecule has 0 fully saturated rings. The molecule has 5 heteroatoms. The minimum absolute atomic E-state index is 0.0307. The van der Waals surface area contributed by atoms with Crippen molar-refractivity contribution in [1.82, 2.24) is 0 Å². The molecule has 0 saturated carbocycles. The summed E-state index contributed by atoms with van der Waals surface area (Å²) in [6, 6.07) is 0.766. The molecule has 0 saturated heterocycles. The van der Waals surface area contributed by atoms with Gasteiger partial charge in [-0.1, -0.05) is 25.4 Å². The molecule has 1 aromatic rings. The van der Waals surface area contributed by atoms with Gasteiger partial charge in [0.05, 0.1) is 17.7 Å². The van der Waals surface area contributed by atoms with Crippen LogP contribution < -0.4 is 0 Å². The first kappa shape index (κ1) is 14.8. The van der Waals surface area contributed by atoms with E-state index in [-0.39, 0.29) is 5.56 Å². The van der Waals surface area contributed by atoms with E-state index in [0.29, 0.717) is 0 Å². The van der Waals surface area contributed by atoms with Crippen molar-refractivity contribution in [2.45, 2.75) is 20.8 Å². The maximum absolute atomic E-state index is 13.3. The van der Waals surface area contributed by atoms with Crippen LogP contribution in [0.4, 0.5) is 8.78 Å². The van der Waals surface area contributed by atoms with Gasteiger partial charge >= 0.3 is 5.97 Å². The largest absolute Gasteiger partial charge is 0.465 e. The van der Waals surface area contributed by atoms with Gasteiger partial charge < -0.3 is 4.74 Å². The molecule has 0 atom stereocenters. The molecule has 0 bridgehead atoms. The van der Waals surface area contributed by atoms with Crippen molar-refractivity contribution in [2.75, 3.05) is 7.11 Å².